The maximum atomic E-state index is 12.2. The van der Waals surface area contributed by atoms with Crippen molar-refractivity contribution in [2.75, 3.05) is 5.32 Å². The first-order valence-corrected chi connectivity index (χ1v) is 9.76. The van der Waals surface area contributed by atoms with Gasteiger partial charge in [0.05, 0.1) is 15.3 Å². The Morgan fingerprint density at radius 1 is 1.22 bits per heavy atom. The van der Waals surface area contributed by atoms with Gasteiger partial charge in [-0.05, 0) is 47.5 Å². The number of carbonyl (C=O) groups excluding carboxylic acids is 2. The maximum Gasteiger partial charge on any atom is 0.224 e. The lowest BCUT2D eigenvalue weighted by Gasteiger charge is -2.07. The molecular formula is C18H16ClN5O2S. The van der Waals surface area contributed by atoms with Crippen LogP contribution in [0.1, 0.15) is 41.4 Å². The molecule has 1 amide bonds. The van der Waals surface area contributed by atoms with Gasteiger partial charge in [0.15, 0.2) is 11.6 Å². The van der Waals surface area contributed by atoms with Crippen LogP contribution in [-0.2, 0) is 4.79 Å². The first-order chi connectivity index (χ1) is 13.1. The number of thiophene rings is 1. The SMILES string of the molecule is O=C(CCC(=O)c1ccc(Cl)s1)Nc1cccc(-c2nnnn2C2CC2)c1. The largest absolute Gasteiger partial charge is 0.326 e. The molecule has 0 saturated heterocycles. The zero-order valence-electron chi connectivity index (χ0n) is 14.3. The fourth-order valence-electron chi connectivity index (χ4n) is 2.72. The first-order valence-electron chi connectivity index (χ1n) is 8.57. The van der Waals surface area contributed by atoms with Gasteiger partial charge in [0.2, 0.25) is 5.91 Å². The van der Waals surface area contributed by atoms with Crippen LogP contribution in [0.5, 0.6) is 0 Å². The van der Waals surface area contributed by atoms with E-state index >= 15 is 0 Å². The molecule has 1 aliphatic carbocycles. The van der Waals surface area contributed by atoms with Crippen LogP contribution in [0, 0.1) is 0 Å². The van der Waals surface area contributed by atoms with E-state index in [4.69, 9.17) is 11.6 Å². The van der Waals surface area contributed by atoms with Crippen molar-refractivity contribution in [2.45, 2.75) is 31.7 Å². The minimum absolute atomic E-state index is 0.0839. The van der Waals surface area contributed by atoms with Crippen LogP contribution in [0.15, 0.2) is 36.4 Å². The Labute approximate surface area is 164 Å². The van der Waals surface area contributed by atoms with E-state index in [-0.39, 0.29) is 24.5 Å². The summed E-state index contributed by atoms with van der Waals surface area (Å²) in [7, 11) is 0. The van der Waals surface area contributed by atoms with E-state index in [9.17, 15) is 9.59 Å². The van der Waals surface area contributed by atoms with Crippen molar-refractivity contribution in [3.8, 4) is 11.4 Å². The van der Waals surface area contributed by atoms with E-state index in [2.05, 4.69) is 20.8 Å². The number of nitrogens with zero attached hydrogens (tertiary/aromatic N) is 4. The highest BCUT2D eigenvalue weighted by molar-refractivity contribution is 7.18. The lowest BCUT2D eigenvalue weighted by Crippen LogP contribution is -2.13. The van der Waals surface area contributed by atoms with Crippen LogP contribution in [0.2, 0.25) is 4.34 Å². The maximum absolute atomic E-state index is 12.2. The smallest absolute Gasteiger partial charge is 0.224 e. The Hall–Kier alpha value is -2.58. The fourth-order valence-corrected chi connectivity index (χ4v) is 3.73. The van der Waals surface area contributed by atoms with Gasteiger partial charge in [-0.3, -0.25) is 9.59 Å². The molecule has 1 fully saturated rings. The summed E-state index contributed by atoms with van der Waals surface area (Å²) in [6, 6.07) is 11.1. The molecule has 4 rings (SSSR count). The van der Waals surface area contributed by atoms with Gasteiger partial charge in [-0.1, -0.05) is 23.7 Å². The third-order valence-corrected chi connectivity index (χ3v) is 5.49. The molecule has 7 nitrogen and oxygen atoms in total. The minimum atomic E-state index is -0.218. The van der Waals surface area contributed by atoms with Gasteiger partial charge in [-0.15, -0.1) is 16.4 Å². The Morgan fingerprint density at radius 3 is 2.81 bits per heavy atom. The number of carbonyl (C=O) groups is 2. The van der Waals surface area contributed by atoms with E-state index in [0.29, 0.717) is 26.8 Å². The van der Waals surface area contributed by atoms with Crippen molar-refractivity contribution in [1.82, 2.24) is 20.2 Å². The number of tetrazole rings is 1. The first kappa shape index (κ1) is 17.8. The Bertz CT molecular complexity index is 995. The van der Waals surface area contributed by atoms with Gasteiger partial charge < -0.3 is 5.32 Å². The Kier molecular flexibility index (Phi) is 5.00. The predicted octanol–water partition coefficient (Wildman–Crippen LogP) is 3.99. The molecule has 27 heavy (non-hydrogen) atoms. The fraction of sp³-hybridized carbons (Fsp3) is 0.278. The van der Waals surface area contributed by atoms with E-state index in [1.165, 1.54) is 11.3 Å². The summed E-state index contributed by atoms with van der Waals surface area (Å²) in [6.45, 7) is 0. The molecular weight excluding hydrogens is 386 g/mol. The molecule has 0 radical (unpaired) electrons. The molecule has 0 bridgehead atoms. The van der Waals surface area contributed by atoms with Crippen LogP contribution >= 0.6 is 22.9 Å². The number of rotatable bonds is 7. The van der Waals surface area contributed by atoms with E-state index in [1.807, 2.05) is 22.9 Å². The van der Waals surface area contributed by atoms with Crippen molar-refractivity contribution >= 4 is 40.3 Å². The van der Waals surface area contributed by atoms with E-state index < -0.39 is 0 Å². The second-order valence-electron chi connectivity index (χ2n) is 6.33. The van der Waals surface area contributed by atoms with Crippen LogP contribution < -0.4 is 5.32 Å². The third kappa shape index (κ3) is 4.23. The van der Waals surface area contributed by atoms with Gasteiger partial charge >= 0.3 is 0 Å². The van der Waals surface area contributed by atoms with Gasteiger partial charge in [0, 0.05) is 24.1 Å². The highest BCUT2D eigenvalue weighted by Crippen LogP contribution is 2.36. The highest BCUT2D eigenvalue weighted by Gasteiger charge is 2.28. The number of aromatic nitrogens is 4. The highest BCUT2D eigenvalue weighted by atomic mass is 35.5. The summed E-state index contributed by atoms with van der Waals surface area (Å²) in [5, 5.41) is 14.7. The van der Waals surface area contributed by atoms with Crippen molar-refractivity contribution in [1.29, 1.82) is 0 Å². The summed E-state index contributed by atoms with van der Waals surface area (Å²) in [6.07, 6.45) is 2.41. The second kappa shape index (κ2) is 7.58. The average molecular weight is 402 g/mol. The minimum Gasteiger partial charge on any atom is -0.326 e. The molecule has 9 heteroatoms. The van der Waals surface area contributed by atoms with E-state index in [1.54, 1.807) is 18.2 Å². The normalized spacial score (nSPS) is 13.5. The van der Waals surface area contributed by atoms with Crippen LogP contribution in [0.4, 0.5) is 5.69 Å². The molecule has 0 aliphatic heterocycles. The molecule has 1 N–H and O–H groups in total. The zero-order valence-corrected chi connectivity index (χ0v) is 15.8. The van der Waals surface area contributed by atoms with E-state index in [0.717, 1.165) is 18.4 Å². The van der Waals surface area contributed by atoms with Gasteiger partial charge in [-0.2, -0.15) is 0 Å². The molecule has 2 heterocycles. The molecule has 1 aliphatic rings. The Balaban J connectivity index is 1.38. The number of amides is 1. The van der Waals surface area contributed by atoms with Crippen LogP contribution in [0.25, 0.3) is 11.4 Å². The van der Waals surface area contributed by atoms with Crippen LogP contribution in [0.3, 0.4) is 0 Å². The summed E-state index contributed by atoms with van der Waals surface area (Å²) in [5.41, 5.74) is 1.49. The number of halogens is 1. The van der Waals surface area contributed by atoms with Gasteiger partial charge in [0.1, 0.15) is 0 Å². The molecule has 1 aromatic carbocycles. The lowest BCUT2D eigenvalue weighted by molar-refractivity contribution is -0.116. The lowest BCUT2D eigenvalue weighted by atomic mass is 10.1. The third-order valence-electron chi connectivity index (χ3n) is 4.22. The number of hydrogen-bond acceptors (Lipinski definition) is 6. The monoisotopic (exact) mass is 401 g/mol. The topological polar surface area (TPSA) is 89.8 Å². The molecule has 0 atom stereocenters. The molecule has 2 aromatic heterocycles. The number of hydrogen-bond donors (Lipinski definition) is 1. The standard InChI is InChI=1S/C18H16ClN5O2S/c19-16-8-7-15(27-16)14(25)6-9-17(26)20-12-3-1-2-11(10-12)18-21-22-23-24(18)13-4-5-13/h1-3,7-8,10,13H,4-6,9H2,(H,20,26). The number of ketones is 1. The van der Waals surface area contributed by atoms with Crippen molar-refractivity contribution in [3.05, 3.63) is 45.6 Å². The summed E-state index contributed by atoms with van der Waals surface area (Å²) >= 11 is 7.06. The molecule has 1 saturated carbocycles. The molecule has 0 spiro atoms. The molecule has 138 valence electrons. The number of anilines is 1. The van der Waals surface area contributed by atoms with Gasteiger partial charge in [-0.25, -0.2) is 4.68 Å². The summed E-state index contributed by atoms with van der Waals surface area (Å²) in [4.78, 5) is 24.9. The van der Waals surface area contributed by atoms with Crippen molar-refractivity contribution < 1.29 is 9.59 Å². The predicted molar refractivity (Wildman–Crippen MR) is 103 cm³/mol. The zero-order chi connectivity index (χ0) is 18.8. The molecule has 0 unspecified atom stereocenters. The Morgan fingerprint density at radius 2 is 2.07 bits per heavy atom. The average Bonchev–Trinajstić information content (AvgIpc) is 3.22. The number of benzene rings is 1. The molecule has 3 aromatic rings. The quantitative estimate of drug-likeness (QED) is 0.604. The van der Waals surface area contributed by atoms with Crippen LogP contribution in [-0.4, -0.2) is 31.9 Å². The second-order valence-corrected chi connectivity index (χ2v) is 8.05. The van der Waals surface area contributed by atoms with Gasteiger partial charge in [0.25, 0.3) is 0 Å². The summed E-state index contributed by atoms with van der Waals surface area (Å²) < 4.78 is 2.39. The van der Waals surface area contributed by atoms with Crippen molar-refractivity contribution in [3.63, 3.8) is 0 Å². The number of Topliss-reactive ketones (excluding diaryl/α,β-unsaturated/α-hetero) is 1. The number of nitrogens with one attached hydrogen (secondary N) is 1. The van der Waals surface area contributed by atoms with Crippen molar-refractivity contribution in [2.24, 2.45) is 0 Å². The summed E-state index contributed by atoms with van der Waals surface area (Å²) in [5.74, 6) is 0.391.